The van der Waals surface area contributed by atoms with Crippen LogP contribution in [-0.2, 0) is 19.1 Å². The van der Waals surface area contributed by atoms with E-state index in [1.807, 2.05) is 40.7 Å². The number of likely N-dealkylation sites (N-methyl/N-ethyl adjacent to an activating group) is 1. The van der Waals surface area contributed by atoms with Crippen LogP contribution in [0.5, 0.6) is 11.5 Å². The lowest BCUT2D eigenvalue weighted by atomic mass is 9.80. The van der Waals surface area contributed by atoms with Crippen molar-refractivity contribution in [3.8, 4) is 11.5 Å². The van der Waals surface area contributed by atoms with E-state index in [1.54, 1.807) is 26.0 Å². The molecule has 0 aliphatic carbocycles. The molecular weight excluding hydrogens is 512 g/mol. The SMILES string of the molecule is CCCCOC(=O)C1=C(C)NC(C)=C(C(=O)OCCCC)C1c1ccc(OCC(O)CNCC)c(OC(C)C)c1. The molecule has 0 fully saturated rings. The van der Waals surface area contributed by atoms with Gasteiger partial charge in [0.1, 0.15) is 12.7 Å². The summed E-state index contributed by atoms with van der Waals surface area (Å²) in [4.78, 5) is 26.8. The normalized spacial score (nSPS) is 14.7. The van der Waals surface area contributed by atoms with Gasteiger partial charge in [-0.05, 0) is 64.8 Å². The number of hydrogen-bond acceptors (Lipinski definition) is 9. The van der Waals surface area contributed by atoms with Crippen molar-refractivity contribution < 1.29 is 33.6 Å². The van der Waals surface area contributed by atoms with Gasteiger partial charge >= 0.3 is 11.9 Å². The Bertz CT molecular complexity index is 1000. The van der Waals surface area contributed by atoms with Gasteiger partial charge in [-0.1, -0.05) is 39.7 Å². The van der Waals surface area contributed by atoms with Crippen molar-refractivity contribution in [2.75, 3.05) is 32.9 Å². The lowest BCUT2D eigenvalue weighted by molar-refractivity contribution is -0.140. The van der Waals surface area contributed by atoms with Crippen molar-refractivity contribution >= 4 is 11.9 Å². The average molecular weight is 561 g/mol. The van der Waals surface area contributed by atoms with Gasteiger partial charge in [0.15, 0.2) is 11.5 Å². The summed E-state index contributed by atoms with van der Waals surface area (Å²) in [7, 11) is 0. The van der Waals surface area contributed by atoms with E-state index < -0.39 is 24.0 Å². The fraction of sp³-hybridized carbons (Fsp3) is 0.613. The predicted molar refractivity (Wildman–Crippen MR) is 155 cm³/mol. The Labute approximate surface area is 239 Å². The van der Waals surface area contributed by atoms with E-state index in [2.05, 4.69) is 10.6 Å². The lowest BCUT2D eigenvalue weighted by Gasteiger charge is -2.31. The molecule has 1 aliphatic heterocycles. The average Bonchev–Trinajstić information content (AvgIpc) is 2.90. The van der Waals surface area contributed by atoms with Gasteiger partial charge in [-0.3, -0.25) is 0 Å². The van der Waals surface area contributed by atoms with Crippen molar-refractivity contribution in [2.24, 2.45) is 0 Å². The van der Waals surface area contributed by atoms with Crippen LogP contribution in [0.15, 0.2) is 40.7 Å². The molecule has 1 heterocycles. The summed E-state index contributed by atoms with van der Waals surface area (Å²) in [5.41, 5.74) is 2.62. The Morgan fingerprint density at radius 2 is 1.52 bits per heavy atom. The quantitative estimate of drug-likeness (QED) is 0.183. The van der Waals surface area contributed by atoms with Crippen molar-refractivity contribution in [1.82, 2.24) is 10.6 Å². The summed E-state index contributed by atoms with van der Waals surface area (Å²) in [6.45, 7) is 15.3. The van der Waals surface area contributed by atoms with E-state index >= 15 is 0 Å². The zero-order valence-corrected chi connectivity index (χ0v) is 25.2. The molecule has 2 rings (SSSR count). The number of ether oxygens (including phenoxy) is 4. The second-order valence-electron chi connectivity index (χ2n) is 10.3. The maximum absolute atomic E-state index is 13.4. The number of hydrogen-bond donors (Lipinski definition) is 3. The number of esters is 2. The van der Waals surface area contributed by atoms with E-state index in [-0.39, 0.29) is 12.7 Å². The second kappa shape index (κ2) is 16.9. The van der Waals surface area contributed by atoms with Crippen LogP contribution in [0.2, 0.25) is 0 Å². The highest BCUT2D eigenvalue weighted by Crippen LogP contribution is 2.42. The highest BCUT2D eigenvalue weighted by molar-refractivity contribution is 6.00. The fourth-order valence-electron chi connectivity index (χ4n) is 4.37. The third-order valence-corrected chi connectivity index (χ3v) is 6.39. The van der Waals surface area contributed by atoms with E-state index in [0.717, 1.165) is 32.2 Å². The van der Waals surface area contributed by atoms with Crippen LogP contribution in [-0.4, -0.2) is 62.2 Å². The van der Waals surface area contributed by atoms with Crippen LogP contribution in [0.1, 0.15) is 85.6 Å². The number of dihydropyridines is 1. The van der Waals surface area contributed by atoms with Gasteiger partial charge in [-0.15, -0.1) is 0 Å². The maximum Gasteiger partial charge on any atom is 0.336 e. The summed E-state index contributed by atoms with van der Waals surface area (Å²) in [5.74, 6) is -0.773. The Morgan fingerprint density at radius 3 is 2.02 bits per heavy atom. The van der Waals surface area contributed by atoms with Crippen LogP contribution >= 0.6 is 0 Å². The van der Waals surface area contributed by atoms with Crippen LogP contribution in [0.4, 0.5) is 0 Å². The van der Waals surface area contributed by atoms with Crippen LogP contribution in [0, 0.1) is 0 Å². The second-order valence-corrected chi connectivity index (χ2v) is 10.3. The maximum atomic E-state index is 13.4. The molecule has 9 heteroatoms. The molecule has 3 N–H and O–H groups in total. The molecule has 9 nitrogen and oxygen atoms in total. The smallest absolute Gasteiger partial charge is 0.336 e. The first-order valence-corrected chi connectivity index (χ1v) is 14.5. The standard InChI is InChI=1S/C31H48N2O7/c1-8-11-15-37-30(35)27-21(6)33-22(7)28(31(36)38-16-12-9-2)29(27)23-13-14-25(26(17-23)40-20(4)5)39-19-24(34)18-32-10-3/h13-14,17,20,24,29,32-34H,8-12,15-16,18-19H2,1-7H3. The van der Waals surface area contributed by atoms with E-state index in [9.17, 15) is 14.7 Å². The Kier molecular flexibility index (Phi) is 14.0. The van der Waals surface area contributed by atoms with Crippen molar-refractivity contribution in [3.05, 3.63) is 46.3 Å². The first-order chi connectivity index (χ1) is 19.1. The summed E-state index contributed by atoms with van der Waals surface area (Å²) in [5, 5.41) is 16.5. The molecule has 40 heavy (non-hydrogen) atoms. The van der Waals surface area contributed by atoms with Crippen molar-refractivity contribution in [1.29, 1.82) is 0 Å². The summed E-state index contributed by atoms with van der Waals surface area (Å²) < 4.78 is 23.3. The van der Waals surface area contributed by atoms with Gasteiger partial charge < -0.3 is 34.7 Å². The third kappa shape index (κ3) is 9.55. The highest BCUT2D eigenvalue weighted by Gasteiger charge is 2.38. The lowest BCUT2D eigenvalue weighted by Crippen LogP contribution is -2.33. The van der Waals surface area contributed by atoms with Crippen LogP contribution in [0.25, 0.3) is 0 Å². The predicted octanol–water partition coefficient (Wildman–Crippen LogP) is 4.74. The number of benzene rings is 1. The molecule has 0 radical (unpaired) electrons. The number of carbonyl (C=O) groups is 2. The van der Waals surface area contributed by atoms with Gasteiger partial charge in [0, 0.05) is 17.9 Å². The molecule has 0 aromatic heterocycles. The van der Waals surface area contributed by atoms with Gasteiger partial charge in [0.25, 0.3) is 0 Å². The number of aliphatic hydroxyl groups excluding tert-OH is 1. The zero-order chi connectivity index (χ0) is 29.7. The molecular formula is C31H48N2O7. The van der Waals surface area contributed by atoms with Gasteiger partial charge in [0.05, 0.1) is 36.4 Å². The number of nitrogens with one attached hydrogen (secondary N) is 2. The number of carbonyl (C=O) groups excluding carboxylic acids is 2. The zero-order valence-electron chi connectivity index (χ0n) is 25.2. The first kappa shape index (κ1) is 33.2. The topological polar surface area (TPSA) is 115 Å². The molecule has 0 spiro atoms. The molecule has 1 aromatic rings. The van der Waals surface area contributed by atoms with Gasteiger partial charge in [-0.25, -0.2) is 9.59 Å². The van der Waals surface area contributed by atoms with Crippen molar-refractivity contribution in [2.45, 2.75) is 92.3 Å². The number of aliphatic hydroxyl groups is 1. The molecule has 1 aromatic carbocycles. The van der Waals surface area contributed by atoms with Gasteiger partial charge in [-0.2, -0.15) is 0 Å². The molecule has 1 atom stereocenters. The van der Waals surface area contributed by atoms with E-state index in [4.69, 9.17) is 18.9 Å². The molecule has 0 saturated carbocycles. The monoisotopic (exact) mass is 560 g/mol. The molecule has 1 aliphatic rings. The largest absolute Gasteiger partial charge is 0.487 e. The minimum Gasteiger partial charge on any atom is -0.487 e. The van der Waals surface area contributed by atoms with E-state index in [1.165, 1.54) is 0 Å². The molecule has 1 unspecified atom stereocenters. The molecule has 224 valence electrons. The van der Waals surface area contributed by atoms with Crippen molar-refractivity contribution in [3.63, 3.8) is 0 Å². The third-order valence-electron chi connectivity index (χ3n) is 6.39. The number of rotatable bonds is 17. The molecule has 0 amide bonds. The van der Waals surface area contributed by atoms with Gasteiger partial charge in [0.2, 0.25) is 0 Å². The summed E-state index contributed by atoms with van der Waals surface area (Å²) in [6, 6.07) is 5.36. The molecule has 0 saturated heterocycles. The van der Waals surface area contributed by atoms with Crippen LogP contribution in [0.3, 0.4) is 0 Å². The minimum atomic E-state index is -0.729. The Hall–Kier alpha value is -3.04. The number of allylic oxidation sites excluding steroid dienone is 2. The Morgan fingerprint density at radius 1 is 0.950 bits per heavy atom. The summed E-state index contributed by atoms with van der Waals surface area (Å²) in [6.07, 6.45) is 2.41. The van der Waals surface area contributed by atoms with Crippen LogP contribution < -0.4 is 20.1 Å². The highest BCUT2D eigenvalue weighted by atomic mass is 16.5. The fourth-order valence-corrected chi connectivity index (χ4v) is 4.37. The minimum absolute atomic E-state index is 0.0795. The molecule has 0 bridgehead atoms. The number of unbranched alkanes of at least 4 members (excludes halogenated alkanes) is 2. The first-order valence-electron chi connectivity index (χ1n) is 14.5. The van der Waals surface area contributed by atoms with E-state index in [0.29, 0.717) is 59.4 Å². The summed E-state index contributed by atoms with van der Waals surface area (Å²) >= 11 is 0. The Balaban J connectivity index is 2.55.